The Bertz CT molecular complexity index is 612. The van der Waals surface area contributed by atoms with Crippen molar-refractivity contribution in [1.82, 2.24) is 0 Å². The second-order valence-electron chi connectivity index (χ2n) is 4.00. The standard InChI is InChI=1S/C14H12F3NO2/c1-19-13-8-9(6-7-11(13)18)20-12-5-3-2-4-10(12)14(15,16)17/h2-8H,18H2,1H3. The lowest BCUT2D eigenvalue weighted by molar-refractivity contribution is -0.138. The molecular formula is C14H12F3NO2. The van der Waals surface area contributed by atoms with Gasteiger partial charge < -0.3 is 15.2 Å². The number of benzene rings is 2. The van der Waals surface area contributed by atoms with Crippen molar-refractivity contribution in [2.75, 3.05) is 12.8 Å². The van der Waals surface area contributed by atoms with Gasteiger partial charge in [0.05, 0.1) is 18.4 Å². The summed E-state index contributed by atoms with van der Waals surface area (Å²) in [6.45, 7) is 0. The fraction of sp³-hybridized carbons (Fsp3) is 0.143. The normalized spacial score (nSPS) is 11.2. The van der Waals surface area contributed by atoms with Crippen LogP contribution < -0.4 is 15.2 Å². The van der Waals surface area contributed by atoms with Gasteiger partial charge in [-0.1, -0.05) is 12.1 Å². The highest BCUT2D eigenvalue weighted by atomic mass is 19.4. The van der Waals surface area contributed by atoms with Gasteiger partial charge >= 0.3 is 6.18 Å². The summed E-state index contributed by atoms with van der Waals surface area (Å²) < 4.78 is 48.8. The Kier molecular flexibility index (Phi) is 3.74. The smallest absolute Gasteiger partial charge is 0.419 e. The number of hydrogen-bond donors (Lipinski definition) is 1. The van der Waals surface area contributed by atoms with Crippen molar-refractivity contribution in [2.24, 2.45) is 0 Å². The minimum absolute atomic E-state index is 0.216. The number of alkyl halides is 3. The number of halogens is 3. The summed E-state index contributed by atoms with van der Waals surface area (Å²) in [7, 11) is 1.42. The van der Waals surface area contributed by atoms with Crippen LogP contribution in [0.4, 0.5) is 18.9 Å². The highest BCUT2D eigenvalue weighted by Crippen LogP contribution is 2.38. The summed E-state index contributed by atoms with van der Waals surface area (Å²) in [5.74, 6) is 0.284. The minimum Gasteiger partial charge on any atom is -0.494 e. The molecule has 0 saturated heterocycles. The van der Waals surface area contributed by atoms with Gasteiger partial charge in [-0.3, -0.25) is 0 Å². The topological polar surface area (TPSA) is 44.5 Å². The van der Waals surface area contributed by atoms with E-state index in [-0.39, 0.29) is 11.5 Å². The quantitative estimate of drug-likeness (QED) is 0.863. The molecule has 0 amide bonds. The molecule has 0 heterocycles. The van der Waals surface area contributed by atoms with Crippen LogP contribution in [0.3, 0.4) is 0 Å². The van der Waals surface area contributed by atoms with Crippen LogP contribution in [0.5, 0.6) is 17.2 Å². The molecule has 3 nitrogen and oxygen atoms in total. The lowest BCUT2D eigenvalue weighted by atomic mass is 10.2. The first kappa shape index (κ1) is 14.0. The number of nitrogens with two attached hydrogens (primary N) is 1. The largest absolute Gasteiger partial charge is 0.494 e. The number of methoxy groups -OCH3 is 1. The molecule has 2 N–H and O–H groups in total. The molecule has 0 fully saturated rings. The number of para-hydroxylation sites is 1. The Morgan fingerprint density at radius 2 is 1.70 bits per heavy atom. The third-order valence-electron chi connectivity index (χ3n) is 2.63. The maximum absolute atomic E-state index is 12.8. The molecule has 0 saturated carbocycles. The van der Waals surface area contributed by atoms with Crippen molar-refractivity contribution < 1.29 is 22.6 Å². The molecule has 0 spiro atoms. The Hall–Kier alpha value is -2.37. The van der Waals surface area contributed by atoms with Crippen LogP contribution in [-0.2, 0) is 6.18 Å². The average molecular weight is 283 g/mol. The second kappa shape index (κ2) is 5.32. The van der Waals surface area contributed by atoms with Gasteiger partial charge in [0.25, 0.3) is 0 Å². The number of anilines is 1. The van der Waals surface area contributed by atoms with Gasteiger partial charge in [0, 0.05) is 6.07 Å². The van der Waals surface area contributed by atoms with E-state index in [0.29, 0.717) is 11.4 Å². The van der Waals surface area contributed by atoms with Crippen LogP contribution in [0.25, 0.3) is 0 Å². The van der Waals surface area contributed by atoms with E-state index in [1.807, 2.05) is 0 Å². The SMILES string of the molecule is COc1cc(Oc2ccccc2C(F)(F)F)ccc1N. The first-order valence-electron chi connectivity index (χ1n) is 5.69. The predicted octanol–water partition coefficient (Wildman–Crippen LogP) is 4.09. The highest BCUT2D eigenvalue weighted by molar-refractivity contribution is 5.56. The second-order valence-corrected chi connectivity index (χ2v) is 4.00. The first-order chi connectivity index (χ1) is 9.41. The Morgan fingerprint density at radius 1 is 1.00 bits per heavy atom. The molecule has 106 valence electrons. The molecule has 0 radical (unpaired) electrons. The van der Waals surface area contributed by atoms with Gasteiger partial charge in [0.2, 0.25) is 0 Å². The average Bonchev–Trinajstić information content (AvgIpc) is 2.40. The van der Waals surface area contributed by atoms with Crippen molar-refractivity contribution in [2.45, 2.75) is 6.18 Å². The Balaban J connectivity index is 2.36. The molecule has 0 aliphatic carbocycles. The van der Waals surface area contributed by atoms with Gasteiger partial charge in [-0.15, -0.1) is 0 Å². The molecule has 6 heteroatoms. The van der Waals surface area contributed by atoms with Crippen LogP contribution in [0.15, 0.2) is 42.5 Å². The van der Waals surface area contributed by atoms with Crippen molar-refractivity contribution >= 4 is 5.69 Å². The van der Waals surface area contributed by atoms with Crippen LogP contribution in [0.2, 0.25) is 0 Å². The Labute approximate surface area is 113 Å². The molecule has 0 bridgehead atoms. The van der Waals surface area contributed by atoms with Gasteiger partial charge in [-0.05, 0) is 24.3 Å². The zero-order valence-corrected chi connectivity index (χ0v) is 10.6. The zero-order chi connectivity index (χ0) is 14.8. The van der Waals surface area contributed by atoms with E-state index < -0.39 is 11.7 Å². The highest BCUT2D eigenvalue weighted by Gasteiger charge is 2.34. The molecule has 0 aromatic heterocycles. The number of ether oxygens (including phenoxy) is 2. The van der Waals surface area contributed by atoms with Crippen molar-refractivity contribution in [3.63, 3.8) is 0 Å². The summed E-state index contributed by atoms with van der Waals surface area (Å²) in [6.07, 6.45) is -4.48. The van der Waals surface area contributed by atoms with Crippen LogP contribution in [-0.4, -0.2) is 7.11 Å². The summed E-state index contributed by atoms with van der Waals surface area (Å²) in [5, 5.41) is 0. The van der Waals surface area contributed by atoms with Gasteiger partial charge in [-0.25, -0.2) is 0 Å². The van der Waals surface area contributed by atoms with E-state index in [4.69, 9.17) is 15.2 Å². The monoisotopic (exact) mass is 283 g/mol. The maximum atomic E-state index is 12.8. The molecule has 2 aromatic carbocycles. The predicted molar refractivity (Wildman–Crippen MR) is 68.9 cm³/mol. The van der Waals surface area contributed by atoms with Crippen LogP contribution in [0.1, 0.15) is 5.56 Å². The van der Waals surface area contributed by atoms with Gasteiger partial charge in [0.15, 0.2) is 0 Å². The molecular weight excluding hydrogens is 271 g/mol. The van der Waals surface area contributed by atoms with Crippen LogP contribution in [0, 0.1) is 0 Å². The molecule has 0 aliphatic heterocycles. The lowest BCUT2D eigenvalue weighted by Gasteiger charge is -2.14. The third kappa shape index (κ3) is 2.96. The van der Waals surface area contributed by atoms with E-state index in [1.165, 1.54) is 43.5 Å². The summed E-state index contributed by atoms with van der Waals surface area (Å²) in [4.78, 5) is 0. The number of rotatable bonds is 3. The first-order valence-corrected chi connectivity index (χ1v) is 5.69. The molecule has 0 aliphatic rings. The summed E-state index contributed by atoms with van der Waals surface area (Å²) in [6, 6.07) is 9.41. The fourth-order valence-corrected chi connectivity index (χ4v) is 1.67. The maximum Gasteiger partial charge on any atom is 0.419 e. The van der Waals surface area contributed by atoms with Gasteiger partial charge in [0.1, 0.15) is 17.2 Å². The summed E-state index contributed by atoms with van der Waals surface area (Å²) in [5.41, 5.74) is 5.17. The van der Waals surface area contributed by atoms with E-state index in [1.54, 1.807) is 0 Å². The summed E-state index contributed by atoms with van der Waals surface area (Å²) >= 11 is 0. The van der Waals surface area contributed by atoms with E-state index in [2.05, 4.69) is 0 Å². The van der Waals surface area contributed by atoms with Crippen molar-refractivity contribution in [1.29, 1.82) is 0 Å². The number of hydrogen-bond acceptors (Lipinski definition) is 3. The molecule has 0 atom stereocenters. The fourth-order valence-electron chi connectivity index (χ4n) is 1.67. The molecule has 2 rings (SSSR count). The van der Waals surface area contributed by atoms with E-state index in [0.717, 1.165) is 6.07 Å². The Morgan fingerprint density at radius 3 is 2.35 bits per heavy atom. The number of nitrogen functional groups attached to an aromatic ring is 1. The van der Waals surface area contributed by atoms with Crippen LogP contribution >= 0.6 is 0 Å². The molecule has 2 aromatic rings. The van der Waals surface area contributed by atoms with Crippen molar-refractivity contribution in [3.8, 4) is 17.2 Å². The zero-order valence-electron chi connectivity index (χ0n) is 10.6. The van der Waals surface area contributed by atoms with E-state index >= 15 is 0 Å². The van der Waals surface area contributed by atoms with Crippen molar-refractivity contribution in [3.05, 3.63) is 48.0 Å². The third-order valence-corrected chi connectivity index (χ3v) is 2.63. The van der Waals surface area contributed by atoms with E-state index in [9.17, 15) is 13.2 Å². The van der Waals surface area contributed by atoms with Gasteiger partial charge in [-0.2, -0.15) is 13.2 Å². The minimum atomic E-state index is -4.48. The lowest BCUT2D eigenvalue weighted by Crippen LogP contribution is -2.06. The molecule has 20 heavy (non-hydrogen) atoms. The molecule has 0 unspecified atom stereocenters.